The molecule has 0 saturated heterocycles. The second-order valence-electron chi connectivity index (χ2n) is 11.4. The van der Waals surface area contributed by atoms with E-state index in [1.807, 2.05) is 17.0 Å². The number of unbranched alkanes of at least 4 members (excludes halogenated alkanes) is 13. The number of carbonyl (C=O) groups excluding carboxylic acids is 1. The summed E-state index contributed by atoms with van der Waals surface area (Å²) in [5.41, 5.74) is 5.46. The third-order valence-electron chi connectivity index (χ3n) is 7.81. The zero-order valence-corrected chi connectivity index (χ0v) is 26.5. The minimum Gasteiger partial charge on any atom is -0.494 e. The van der Waals surface area contributed by atoms with Gasteiger partial charge in [-0.15, -0.1) is 0 Å². The molecule has 0 saturated carbocycles. The number of benzene rings is 2. The van der Waals surface area contributed by atoms with Gasteiger partial charge in [0.2, 0.25) is 11.4 Å². The molecule has 2 aromatic carbocycles. The van der Waals surface area contributed by atoms with Crippen LogP contribution >= 0.6 is 11.3 Å². The third kappa shape index (κ3) is 13.7. The molecule has 0 atom stereocenters. The van der Waals surface area contributed by atoms with Crippen LogP contribution in [-0.4, -0.2) is 19.1 Å². The van der Waals surface area contributed by atoms with Gasteiger partial charge in [0.25, 0.3) is 0 Å². The average molecular weight is 578 g/mol. The molecule has 4 nitrogen and oxygen atoms in total. The van der Waals surface area contributed by atoms with Crippen molar-refractivity contribution in [3.8, 4) is 5.75 Å². The van der Waals surface area contributed by atoms with Crippen molar-refractivity contribution in [3.63, 3.8) is 0 Å². The molecule has 1 amide bonds. The zero-order valence-electron chi connectivity index (χ0n) is 25.7. The Morgan fingerprint density at radius 2 is 1.44 bits per heavy atom. The van der Waals surface area contributed by atoms with Gasteiger partial charge < -0.3 is 9.64 Å². The van der Waals surface area contributed by atoms with Crippen LogP contribution in [0.2, 0.25) is 0 Å². The maximum Gasteiger partial charge on any atom is 0.224 e. The SMILES string of the molecule is CCCCCCCCCCCCCCCCOc1ccc(CCN(C(C)=O)c2cccc(C[n+]3ccsc3)c2)cc1. The van der Waals surface area contributed by atoms with Crippen LogP contribution in [0.3, 0.4) is 0 Å². The van der Waals surface area contributed by atoms with E-state index < -0.39 is 0 Å². The largest absolute Gasteiger partial charge is 0.494 e. The van der Waals surface area contributed by atoms with Gasteiger partial charge in [0.15, 0.2) is 12.7 Å². The molecule has 0 bridgehead atoms. The summed E-state index contributed by atoms with van der Waals surface area (Å²) >= 11 is 1.68. The first-order valence-electron chi connectivity index (χ1n) is 16.2. The number of hydrogen-bond donors (Lipinski definition) is 0. The summed E-state index contributed by atoms with van der Waals surface area (Å²) in [4.78, 5) is 14.3. The first-order chi connectivity index (χ1) is 20.2. The molecule has 1 aromatic heterocycles. The number of nitrogens with zero attached hydrogens (tertiary/aromatic N) is 2. The fourth-order valence-corrected chi connectivity index (χ4v) is 5.93. The fraction of sp³-hybridized carbons (Fsp3) is 0.556. The molecular formula is C36H53N2O2S+. The summed E-state index contributed by atoms with van der Waals surface area (Å²) in [5.74, 6) is 1.00. The van der Waals surface area contributed by atoms with Gasteiger partial charge in [0.1, 0.15) is 5.75 Å². The maximum atomic E-state index is 12.5. The van der Waals surface area contributed by atoms with Crippen LogP contribution in [0.1, 0.15) is 115 Å². The quantitative estimate of drug-likeness (QED) is 0.0880. The Morgan fingerprint density at radius 3 is 2.02 bits per heavy atom. The van der Waals surface area contributed by atoms with E-state index in [1.54, 1.807) is 18.3 Å². The first kappa shape index (κ1) is 32.8. The second kappa shape index (κ2) is 20.3. The van der Waals surface area contributed by atoms with E-state index in [9.17, 15) is 4.79 Å². The lowest BCUT2D eigenvalue weighted by Gasteiger charge is -2.22. The molecule has 3 rings (SSSR count). The average Bonchev–Trinajstić information content (AvgIpc) is 3.49. The number of rotatable bonds is 22. The van der Waals surface area contributed by atoms with E-state index in [0.29, 0.717) is 6.54 Å². The van der Waals surface area contributed by atoms with E-state index in [2.05, 4.69) is 65.0 Å². The highest BCUT2D eigenvalue weighted by Gasteiger charge is 2.13. The highest BCUT2D eigenvalue weighted by atomic mass is 32.1. The highest BCUT2D eigenvalue weighted by molar-refractivity contribution is 7.07. The number of hydrogen-bond acceptors (Lipinski definition) is 3. The Bertz CT molecular complexity index is 1080. The molecule has 0 unspecified atom stereocenters. The molecular weight excluding hydrogens is 524 g/mol. The Balaban J connectivity index is 1.26. The van der Waals surface area contributed by atoms with Crippen molar-refractivity contribution in [1.82, 2.24) is 0 Å². The third-order valence-corrected chi connectivity index (χ3v) is 8.48. The first-order valence-corrected chi connectivity index (χ1v) is 17.1. The number of ether oxygens (including phenoxy) is 1. The van der Waals surface area contributed by atoms with Gasteiger partial charge in [-0.2, -0.15) is 4.57 Å². The summed E-state index contributed by atoms with van der Waals surface area (Å²) in [6.45, 7) is 6.19. The van der Waals surface area contributed by atoms with Crippen molar-refractivity contribution < 1.29 is 14.1 Å². The van der Waals surface area contributed by atoms with Gasteiger partial charge in [-0.25, -0.2) is 0 Å². The van der Waals surface area contributed by atoms with Crippen molar-refractivity contribution in [2.75, 3.05) is 18.1 Å². The van der Waals surface area contributed by atoms with Crippen LogP contribution in [0.4, 0.5) is 5.69 Å². The molecule has 0 aliphatic heterocycles. The molecule has 224 valence electrons. The van der Waals surface area contributed by atoms with Crippen LogP contribution in [0.5, 0.6) is 5.75 Å². The molecule has 1 heterocycles. The molecule has 0 radical (unpaired) electrons. The lowest BCUT2D eigenvalue weighted by molar-refractivity contribution is -0.683. The Labute approximate surface area is 253 Å². The zero-order chi connectivity index (χ0) is 29.0. The Morgan fingerprint density at radius 1 is 0.805 bits per heavy atom. The van der Waals surface area contributed by atoms with Crippen molar-refractivity contribution >= 4 is 22.9 Å². The summed E-state index contributed by atoms with van der Waals surface area (Å²) in [6.07, 6.45) is 22.1. The standard InChI is InChI=1S/C36H53N2O2S/c1-3-4-5-6-7-8-9-10-11-12-13-14-15-16-27-40-36-22-20-33(21-23-36)24-25-38(32(2)39)35-19-17-18-34(29-35)30-37-26-28-41-31-37/h17-23,26,28-29,31H,3-16,24-25,27,30H2,1-2H3/q+1. The van der Waals surface area contributed by atoms with Crippen molar-refractivity contribution in [1.29, 1.82) is 0 Å². The fourth-order valence-electron chi connectivity index (χ4n) is 5.33. The van der Waals surface area contributed by atoms with Crippen LogP contribution in [0, 0.1) is 0 Å². The second-order valence-corrected chi connectivity index (χ2v) is 12.1. The van der Waals surface area contributed by atoms with Crippen LogP contribution in [-0.2, 0) is 17.8 Å². The number of anilines is 1. The minimum absolute atomic E-state index is 0.0680. The molecule has 41 heavy (non-hydrogen) atoms. The van der Waals surface area contributed by atoms with E-state index in [1.165, 1.54) is 94.6 Å². The molecule has 0 aliphatic carbocycles. The number of thiazole rings is 1. The maximum absolute atomic E-state index is 12.5. The molecule has 3 aromatic rings. The van der Waals surface area contributed by atoms with Crippen molar-refractivity contribution in [2.24, 2.45) is 0 Å². The van der Waals surface area contributed by atoms with E-state index in [-0.39, 0.29) is 5.91 Å². The Hall–Kier alpha value is -2.66. The van der Waals surface area contributed by atoms with E-state index >= 15 is 0 Å². The minimum atomic E-state index is 0.0680. The highest BCUT2D eigenvalue weighted by Crippen LogP contribution is 2.19. The smallest absolute Gasteiger partial charge is 0.224 e. The van der Waals surface area contributed by atoms with Crippen molar-refractivity contribution in [3.05, 3.63) is 76.7 Å². The summed E-state index contributed by atoms with van der Waals surface area (Å²) < 4.78 is 8.15. The normalized spacial score (nSPS) is 11.1. The number of carbonyl (C=O) groups is 1. The van der Waals surface area contributed by atoms with E-state index in [4.69, 9.17) is 4.74 Å². The van der Waals surface area contributed by atoms with Crippen LogP contribution < -0.4 is 14.2 Å². The molecule has 0 spiro atoms. The van der Waals surface area contributed by atoms with Gasteiger partial charge in [0, 0.05) is 24.7 Å². The van der Waals surface area contributed by atoms with Gasteiger partial charge in [-0.05, 0) is 42.7 Å². The number of aromatic nitrogens is 1. The summed E-state index contributed by atoms with van der Waals surface area (Å²) in [5, 5.41) is 2.07. The van der Waals surface area contributed by atoms with Gasteiger partial charge in [-0.1, -0.05) is 126 Å². The Kier molecular flexibility index (Phi) is 16.2. The lowest BCUT2D eigenvalue weighted by Crippen LogP contribution is -2.32. The molecule has 0 aliphatic rings. The van der Waals surface area contributed by atoms with Gasteiger partial charge >= 0.3 is 0 Å². The molecule has 0 N–H and O–H groups in total. The van der Waals surface area contributed by atoms with Crippen LogP contribution in [0.25, 0.3) is 0 Å². The molecule has 0 fully saturated rings. The lowest BCUT2D eigenvalue weighted by atomic mass is 10.0. The predicted octanol–water partition coefficient (Wildman–Crippen LogP) is 9.54. The summed E-state index contributed by atoms with van der Waals surface area (Å²) in [6, 6.07) is 16.7. The summed E-state index contributed by atoms with van der Waals surface area (Å²) in [7, 11) is 0. The van der Waals surface area contributed by atoms with E-state index in [0.717, 1.165) is 37.4 Å². The van der Waals surface area contributed by atoms with Crippen LogP contribution in [0.15, 0.2) is 65.6 Å². The topological polar surface area (TPSA) is 33.4 Å². The monoisotopic (exact) mass is 577 g/mol. The van der Waals surface area contributed by atoms with Gasteiger partial charge in [-0.3, -0.25) is 4.79 Å². The van der Waals surface area contributed by atoms with Gasteiger partial charge in [0.05, 0.1) is 12.0 Å². The number of amides is 1. The predicted molar refractivity (Wildman–Crippen MR) is 174 cm³/mol. The van der Waals surface area contributed by atoms with Crippen molar-refractivity contribution in [2.45, 2.75) is 117 Å². The molecule has 5 heteroatoms.